The van der Waals surface area contributed by atoms with E-state index in [2.05, 4.69) is 13.0 Å². The van der Waals surface area contributed by atoms with Crippen LogP contribution in [0, 0.1) is 11.8 Å². The van der Waals surface area contributed by atoms with E-state index in [9.17, 15) is 20.1 Å². The lowest BCUT2D eigenvalue weighted by atomic mass is 9.87. The monoisotopic (exact) mass is 416 g/mol. The molecule has 2 unspecified atom stereocenters. The summed E-state index contributed by atoms with van der Waals surface area (Å²) in [6.45, 7) is 2.16. The minimum absolute atomic E-state index is 0.257. The van der Waals surface area contributed by atoms with Gasteiger partial charge in [0, 0.05) is 0 Å². The second kappa shape index (κ2) is 13.6. The first-order valence-electron chi connectivity index (χ1n) is 11.8. The van der Waals surface area contributed by atoms with Crippen LogP contribution in [0.4, 0.5) is 0 Å². The van der Waals surface area contributed by atoms with Crippen LogP contribution in [0.15, 0.2) is 42.5 Å². The van der Waals surface area contributed by atoms with Gasteiger partial charge in [0.1, 0.15) is 0 Å². The molecule has 0 amide bonds. The normalized spacial score (nSPS) is 23.6. The molecule has 0 bridgehead atoms. The summed E-state index contributed by atoms with van der Waals surface area (Å²) < 4.78 is 0. The van der Waals surface area contributed by atoms with E-state index in [0.717, 1.165) is 69.8 Å². The van der Waals surface area contributed by atoms with Crippen molar-refractivity contribution in [3.63, 3.8) is 0 Å². The van der Waals surface area contributed by atoms with Crippen molar-refractivity contribution < 1.29 is 20.1 Å². The number of aliphatic hydroxyl groups excluding tert-OH is 2. The molecule has 2 rings (SSSR count). The lowest BCUT2D eigenvalue weighted by Crippen LogP contribution is -2.18. The molecule has 1 fully saturated rings. The third-order valence-electron chi connectivity index (χ3n) is 6.55. The van der Waals surface area contributed by atoms with Gasteiger partial charge in [-0.3, -0.25) is 4.79 Å². The smallest absolute Gasteiger partial charge is 0.310 e. The van der Waals surface area contributed by atoms with Gasteiger partial charge < -0.3 is 15.3 Å². The van der Waals surface area contributed by atoms with E-state index in [4.69, 9.17) is 0 Å². The second-order valence-electron chi connectivity index (χ2n) is 8.86. The molecule has 30 heavy (non-hydrogen) atoms. The second-order valence-corrected chi connectivity index (χ2v) is 8.86. The van der Waals surface area contributed by atoms with Crippen molar-refractivity contribution in [2.75, 3.05) is 0 Å². The highest BCUT2D eigenvalue weighted by Gasteiger charge is 2.32. The lowest BCUT2D eigenvalue weighted by molar-refractivity contribution is -0.139. The fraction of sp³-hybridized carbons (Fsp3) is 0.654. The molecule has 1 aromatic carbocycles. The number of carboxylic acids is 1. The number of hydrogen-bond donors (Lipinski definition) is 3. The highest BCUT2D eigenvalue weighted by atomic mass is 16.4. The summed E-state index contributed by atoms with van der Waals surface area (Å²) in [6.07, 6.45) is 13.9. The summed E-state index contributed by atoms with van der Waals surface area (Å²) in [4.78, 5) is 11.6. The maximum absolute atomic E-state index is 11.6. The Morgan fingerprint density at radius 1 is 1.07 bits per heavy atom. The van der Waals surface area contributed by atoms with Gasteiger partial charge >= 0.3 is 5.97 Å². The zero-order valence-electron chi connectivity index (χ0n) is 18.5. The standard InChI is InChI=1S/C26H40O4/c1-2-3-6-13-22(27)18-16-21-17-19-25(28)23(21)14-9-5-10-15-24(26(29)30)20-11-7-4-8-12-20/h4,7-8,11-12,16,18,21-25,27-28H,2-3,5-6,9-10,13-15,17,19H2,1H3,(H,29,30)/t21-,22?,23+,24?,25-/m0/s1. The Labute approximate surface area is 182 Å². The molecular weight excluding hydrogens is 376 g/mol. The summed E-state index contributed by atoms with van der Waals surface area (Å²) in [5.74, 6) is -0.589. The van der Waals surface area contributed by atoms with Crippen molar-refractivity contribution >= 4 is 5.97 Å². The van der Waals surface area contributed by atoms with Crippen LogP contribution in [-0.2, 0) is 4.79 Å². The predicted molar refractivity (Wildman–Crippen MR) is 121 cm³/mol. The Bertz CT molecular complexity index is 627. The molecule has 5 atom stereocenters. The summed E-state index contributed by atoms with van der Waals surface area (Å²) >= 11 is 0. The zero-order valence-corrected chi connectivity index (χ0v) is 18.5. The molecule has 4 heteroatoms. The topological polar surface area (TPSA) is 77.8 Å². The van der Waals surface area contributed by atoms with Crippen LogP contribution in [-0.4, -0.2) is 33.5 Å². The van der Waals surface area contributed by atoms with Crippen LogP contribution in [0.5, 0.6) is 0 Å². The van der Waals surface area contributed by atoms with Crippen molar-refractivity contribution in [3.8, 4) is 0 Å². The molecule has 0 aliphatic heterocycles. The van der Waals surface area contributed by atoms with E-state index in [1.165, 1.54) is 0 Å². The number of carboxylic acid groups (broad SMARTS) is 1. The van der Waals surface area contributed by atoms with Crippen molar-refractivity contribution in [2.24, 2.45) is 11.8 Å². The number of carbonyl (C=O) groups is 1. The number of hydrogen-bond acceptors (Lipinski definition) is 3. The lowest BCUT2D eigenvalue weighted by Gasteiger charge is -2.20. The van der Waals surface area contributed by atoms with Gasteiger partial charge in [0.25, 0.3) is 0 Å². The van der Waals surface area contributed by atoms with Crippen molar-refractivity contribution in [1.29, 1.82) is 0 Å². The molecule has 1 aliphatic carbocycles. The average Bonchev–Trinajstić information content (AvgIpc) is 3.09. The largest absolute Gasteiger partial charge is 0.481 e. The molecule has 168 valence electrons. The van der Waals surface area contributed by atoms with Gasteiger partial charge in [0.05, 0.1) is 18.1 Å². The number of aliphatic hydroxyl groups is 2. The fourth-order valence-corrected chi connectivity index (χ4v) is 4.72. The number of benzene rings is 1. The maximum Gasteiger partial charge on any atom is 0.310 e. The van der Waals surface area contributed by atoms with E-state index >= 15 is 0 Å². The fourth-order valence-electron chi connectivity index (χ4n) is 4.72. The Morgan fingerprint density at radius 2 is 1.80 bits per heavy atom. The minimum Gasteiger partial charge on any atom is -0.481 e. The molecule has 4 nitrogen and oxygen atoms in total. The van der Waals surface area contributed by atoms with Crippen LogP contribution in [0.25, 0.3) is 0 Å². The highest BCUT2D eigenvalue weighted by molar-refractivity contribution is 5.75. The Morgan fingerprint density at radius 3 is 2.50 bits per heavy atom. The molecular formula is C26H40O4. The van der Waals surface area contributed by atoms with E-state index in [-0.39, 0.29) is 18.1 Å². The Hall–Kier alpha value is -1.65. The van der Waals surface area contributed by atoms with Crippen LogP contribution < -0.4 is 0 Å². The Kier molecular flexibility index (Phi) is 11.2. The van der Waals surface area contributed by atoms with Crippen LogP contribution in [0.1, 0.15) is 89.0 Å². The summed E-state index contributed by atoms with van der Waals surface area (Å²) in [7, 11) is 0. The highest BCUT2D eigenvalue weighted by Crippen LogP contribution is 2.37. The van der Waals surface area contributed by atoms with Gasteiger partial charge in [0.2, 0.25) is 0 Å². The van der Waals surface area contributed by atoms with Gasteiger partial charge in [-0.05, 0) is 49.5 Å². The summed E-state index contributed by atoms with van der Waals surface area (Å²) in [5.41, 5.74) is 0.874. The molecule has 1 saturated carbocycles. The number of unbranched alkanes of at least 4 members (excludes halogenated alkanes) is 4. The molecule has 3 N–H and O–H groups in total. The molecule has 0 saturated heterocycles. The first-order chi connectivity index (χ1) is 14.5. The molecule has 1 aliphatic rings. The molecule has 1 aromatic rings. The first-order valence-corrected chi connectivity index (χ1v) is 11.8. The van der Waals surface area contributed by atoms with Crippen molar-refractivity contribution in [2.45, 2.75) is 95.7 Å². The number of allylic oxidation sites excluding steroid dienone is 1. The number of aliphatic carboxylic acids is 1. The van der Waals surface area contributed by atoms with Crippen LogP contribution >= 0.6 is 0 Å². The van der Waals surface area contributed by atoms with Crippen LogP contribution in [0.2, 0.25) is 0 Å². The zero-order chi connectivity index (χ0) is 21.8. The molecule has 0 heterocycles. The Balaban J connectivity index is 1.73. The first kappa shape index (κ1) is 24.6. The van der Waals surface area contributed by atoms with Gasteiger partial charge in [-0.15, -0.1) is 0 Å². The van der Waals surface area contributed by atoms with Gasteiger partial charge in [0.15, 0.2) is 0 Å². The van der Waals surface area contributed by atoms with Gasteiger partial charge in [-0.25, -0.2) is 0 Å². The minimum atomic E-state index is -0.755. The SMILES string of the molecule is CCCCCC(O)C=C[C@H]1CC[C@H](O)[C@@H]1CCCCCC(C(=O)O)c1ccccc1. The third-order valence-corrected chi connectivity index (χ3v) is 6.55. The van der Waals surface area contributed by atoms with Crippen molar-refractivity contribution in [1.82, 2.24) is 0 Å². The van der Waals surface area contributed by atoms with Crippen molar-refractivity contribution in [3.05, 3.63) is 48.0 Å². The maximum atomic E-state index is 11.6. The van der Waals surface area contributed by atoms with E-state index < -0.39 is 11.9 Å². The quantitative estimate of drug-likeness (QED) is 0.269. The van der Waals surface area contributed by atoms with Gasteiger partial charge in [-0.2, -0.15) is 0 Å². The van der Waals surface area contributed by atoms with Gasteiger partial charge in [-0.1, -0.05) is 87.9 Å². The van der Waals surface area contributed by atoms with E-state index in [1.807, 2.05) is 36.4 Å². The molecule has 0 radical (unpaired) electrons. The van der Waals surface area contributed by atoms with E-state index in [1.54, 1.807) is 0 Å². The summed E-state index contributed by atoms with van der Waals surface area (Å²) in [5, 5.41) is 30.1. The molecule has 0 aromatic heterocycles. The summed E-state index contributed by atoms with van der Waals surface area (Å²) in [6, 6.07) is 9.47. The third kappa shape index (κ3) is 8.23. The van der Waals surface area contributed by atoms with Crippen LogP contribution in [0.3, 0.4) is 0 Å². The predicted octanol–water partition coefficient (Wildman–Crippen LogP) is 5.69. The van der Waals surface area contributed by atoms with E-state index in [0.29, 0.717) is 12.3 Å². The average molecular weight is 417 g/mol. The molecule has 0 spiro atoms. The number of rotatable bonds is 14.